The summed E-state index contributed by atoms with van der Waals surface area (Å²) in [6.07, 6.45) is 5.07. The summed E-state index contributed by atoms with van der Waals surface area (Å²) in [6.45, 7) is 0.716. The number of fused-ring (bicyclic) bond motifs is 1. The van der Waals surface area contributed by atoms with E-state index in [9.17, 15) is 9.18 Å². The average molecular weight is 387 g/mol. The van der Waals surface area contributed by atoms with Crippen LogP contribution in [-0.2, 0) is 4.79 Å². The molecule has 1 atom stereocenters. The second-order valence-corrected chi connectivity index (χ2v) is 7.69. The molecule has 132 valence electrons. The van der Waals surface area contributed by atoms with Gasteiger partial charge < -0.3 is 4.90 Å². The number of thiazole rings is 1. The second kappa shape index (κ2) is 7.17. The summed E-state index contributed by atoms with van der Waals surface area (Å²) in [4.78, 5) is 19.2. The number of benzene rings is 2. The van der Waals surface area contributed by atoms with Gasteiger partial charge in [0.1, 0.15) is 10.8 Å². The molecule has 0 spiro atoms. The van der Waals surface area contributed by atoms with Crippen LogP contribution in [-0.4, -0.2) is 22.3 Å². The fourth-order valence-corrected chi connectivity index (χ4v) is 4.50. The van der Waals surface area contributed by atoms with Gasteiger partial charge in [-0.3, -0.25) is 4.79 Å². The number of aromatic nitrogens is 1. The summed E-state index contributed by atoms with van der Waals surface area (Å²) in [7, 11) is 0. The zero-order chi connectivity index (χ0) is 18.1. The Bertz CT molecular complexity index is 967. The average Bonchev–Trinajstić information content (AvgIpc) is 3.28. The van der Waals surface area contributed by atoms with Crippen molar-refractivity contribution < 1.29 is 9.18 Å². The minimum Gasteiger partial charge on any atom is -0.330 e. The van der Waals surface area contributed by atoms with Crippen LogP contribution < -0.4 is 0 Å². The van der Waals surface area contributed by atoms with E-state index in [1.165, 1.54) is 18.2 Å². The molecule has 0 saturated carbocycles. The van der Waals surface area contributed by atoms with Crippen molar-refractivity contribution in [1.29, 1.82) is 0 Å². The summed E-state index contributed by atoms with van der Waals surface area (Å²) in [5.41, 5.74) is 1.67. The number of carbonyl (C=O) groups is 1. The molecule has 2 aromatic carbocycles. The minimum atomic E-state index is -0.467. The van der Waals surface area contributed by atoms with Crippen molar-refractivity contribution in [3.8, 4) is 0 Å². The number of nitrogens with zero attached hydrogens (tertiary/aromatic N) is 2. The Kier molecular flexibility index (Phi) is 4.74. The largest absolute Gasteiger partial charge is 0.330 e. The fraction of sp³-hybridized carbons (Fsp3) is 0.200. The summed E-state index contributed by atoms with van der Waals surface area (Å²) in [5.74, 6) is -0.530. The van der Waals surface area contributed by atoms with Crippen molar-refractivity contribution in [3.63, 3.8) is 0 Å². The molecular weight excluding hydrogens is 371 g/mol. The third-order valence-electron chi connectivity index (χ3n) is 4.49. The van der Waals surface area contributed by atoms with E-state index >= 15 is 0 Å². The van der Waals surface area contributed by atoms with Crippen molar-refractivity contribution in [2.75, 3.05) is 6.54 Å². The molecular formula is C20H16ClFN2OS. The molecule has 6 heteroatoms. The number of halogens is 2. The van der Waals surface area contributed by atoms with Gasteiger partial charge in [-0.2, -0.15) is 0 Å². The van der Waals surface area contributed by atoms with Crippen LogP contribution in [0.3, 0.4) is 0 Å². The van der Waals surface area contributed by atoms with Crippen LogP contribution in [0.15, 0.2) is 48.5 Å². The molecule has 1 amide bonds. The van der Waals surface area contributed by atoms with Crippen LogP contribution in [0.2, 0.25) is 5.02 Å². The monoisotopic (exact) mass is 386 g/mol. The standard InChI is InChI=1S/C20H16ClFN2OS/c21-14-12-13(7-9-15(14)22)8-10-19(25)24-11-3-5-17(24)20-23-16-4-1-2-6-18(16)26-20/h1-2,4,6-10,12,17H,3,5,11H2. The Labute approximate surface area is 159 Å². The molecule has 1 fully saturated rings. The summed E-state index contributed by atoms with van der Waals surface area (Å²) >= 11 is 7.43. The molecule has 1 saturated heterocycles. The van der Waals surface area contributed by atoms with Crippen molar-refractivity contribution in [2.45, 2.75) is 18.9 Å². The van der Waals surface area contributed by atoms with E-state index < -0.39 is 5.82 Å². The van der Waals surface area contributed by atoms with Crippen molar-refractivity contribution in [1.82, 2.24) is 9.88 Å². The lowest BCUT2D eigenvalue weighted by Gasteiger charge is -2.21. The number of hydrogen-bond donors (Lipinski definition) is 0. The zero-order valence-corrected chi connectivity index (χ0v) is 15.4. The van der Waals surface area contributed by atoms with E-state index in [1.807, 2.05) is 23.1 Å². The second-order valence-electron chi connectivity index (χ2n) is 6.22. The fourth-order valence-electron chi connectivity index (χ4n) is 3.20. The van der Waals surface area contributed by atoms with Crippen LogP contribution >= 0.6 is 22.9 Å². The van der Waals surface area contributed by atoms with Crippen molar-refractivity contribution in [3.05, 3.63) is 70.0 Å². The number of para-hydroxylation sites is 1. The number of rotatable bonds is 3. The van der Waals surface area contributed by atoms with E-state index in [-0.39, 0.29) is 17.0 Å². The minimum absolute atomic E-state index is 0.0151. The predicted octanol–water partition coefficient (Wildman–Crippen LogP) is 5.47. The Morgan fingerprint density at radius 1 is 1.31 bits per heavy atom. The Hall–Kier alpha value is -2.24. The summed E-state index contributed by atoms with van der Waals surface area (Å²) < 4.78 is 14.4. The van der Waals surface area contributed by atoms with E-state index in [0.717, 1.165) is 28.1 Å². The van der Waals surface area contributed by atoms with Gasteiger partial charge in [-0.05, 0) is 48.7 Å². The molecule has 1 aliphatic heterocycles. The highest BCUT2D eigenvalue weighted by Crippen LogP contribution is 2.36. The molecule has 3 nitrogen and oxygen atoms in total. The molecule has 2 heterocycles. The molecule has 0 aliphatic carbocycles. The first-order chi connectivity index (χ1) is 12.6. The van der Waals surface area contributed by atoms with E-state index in [1.54, 1.807) is 23.5 Å². The summed E-state index contributed by atoms with van der Waals surface area (Å²) in [6, 6.07) is 12.4. The first-order valence-electron chi connectivity index (χ1n) is 8.41. The summed E-state index contributed by atoms with van der Waals surface area (Å²) in [5, 5.41) is 1.03. The normalized spacial score (nSPS) is 17.5. The molecule has 0 bridgehead atoms. The SMILES string of the molecule is O=C(C=Cc1ccc(F)c(Cl)c1)N1CCCC1c1nc2ccccc2s1. The van der Waals surface area contributed by atoms with Gasteiger partial charge in [0.2, 0.25) is 5.91 Å². The van der Waals surface area contributed by atoms with Gasteiger partial charge in [-0.15, -0.1) is 11.3 Å². The predicted molar refractivity (Wildman–Crippen MR) is 104 cm³/mol. The quantitative estimate of drug-likeness (QED) is 0.559. The van der Waals surface area contributed by atoms with Crippen molar-refractivity contribution >= 4 is 45.1 Å². The lowest BCUT2D eigenvalue weighted by atomic mass is 10.2. The lowest BCUT2D eigenvalue weighted by Crippen LogP contribution is -2.28. The molecule has 26 heavy (non-hydrogen) atoms. The molecule has 0 N–H and O–H groups in total. The highest BCUT2D eigenvalue weighted by molar-refractivity contribution is 7.18. The van der Waals surface area contributed by atoms with Crippen LogP contribution in [0.25, 0.3) is 16.3 Å². The van der Waals surface area contributed by atoms with Gasteiger partial charge in [0, 0.05) is 12.6 Å². The van der Waals surface area contributed by atoms with E-state index in [0.29, 0.717) is 12.1 Å². The third kappa shape index (κ3) is 3.37. The van der Waals surface area contributed by atoms with E-state index in [2.05, 4.69) is 6.07 Å². The van der Waals surface area contributed by atoms with Crippen LogP contribution in [0.4, 0.5) is 4.39 Å². The van der Waals surface area contributed by atoms with Gasteiger partial charge in [0.15, 0.2) is 0 Å². The third-order valence-corrected chi connectivity index (χ3v) is 5.92. The Balaban J connectivity index is 1.54. The van der Waals surface area contributed by atoms with Crippen molar-refractivity contribution in [2.24, 2.45) is 0 Å². The van der Waals surface area contributed by atoms with Crippen LogP contribution in [0.5, 0.6) is 0 Å². The van der Waals surface area contributed by atoms with Crippen LogP contribution in [0, 0.1) is 5.82 Å². The molecule has 0 radical (unpaired) electrons. The van der Waals surface area contributed by atoms with Gasteiger partial charge in [-0.1, -0.05) is 29.8 Å². The molecule has 3 aromatic rings. The highest BCUT2D eigenvalue weighted by Gasteiger charge is 2.31. The van der Waals surface area contributed by atoms with Gasteiger partial charge in [0.05, 0.1) is 21.3 Å². The molecule has 1 aliphatic rings. The number of likely N-dealkylation sites (tertiary alicyclic amines) is 1. The Morgan fingerprint density at radius 2 is 2.15 bits per heavy atom. The maximum Gasteiger partial charge on any atom is 0.247 e. The number of amides is 1. The van der Waals surface area contributed by atoms with Gasteiger partial charge >= 0.3 is 0 Å². The number of carbonyl (C=O) groups excluding carboxylic acids is 1. The molecule has 4 rings (SSSR count). The Morgan fingerprint density at radius 3 is 2.96 bits per heavy atom. The van der Waals surface area contributed by atoms with E-state index in [4.69, 9.17) is 16.6 Å². The smallest absolute Gasteiger partial charge is 0.247 e. The first kappa shape index (κ1) is 17.2. The highest BCUT2D eigenvalue weighted by atomic mass is 35.5. The topological polar surface area (TPSA) is 33.2 Å². The van der Waals surface area contributed by atoms with Gasteiger partial charge in [-0.25, -0.2) is 9.37 Å². The zero-order valence-electron chi connectivity index (χ0n) is 13.9. The lowest BCUT2D eigenvalue weighted by molar-refractivity contribution is -0.126. The van der Waals surface area contributed by atoms with Crippen LogP contribution in [0.1, 0.15) is 29.5 Å². The maximum atomic E-state index is 13.2. The molecule has 1 aromatic heterocycles. The molecule has 1 unspecified atom stereocenters. The maximum absolute atomic E-state index is 13.2. The van der Waals surface area contributed by atoms with Gasteiger partial charge in [0.25, 0.3) is 0 Å². The number of hydrogen-bond acceptors (Lipinski definition) is 3. The first-order valence-corrected chi connectivity index (χ1v) is 9.60.